The first-order valence-electron chi connectivity index (χ1n) is 6.15. The second kappa shape index (κ2) is 5.06. The minimum atomic E-state index is -0.837. The molecule has 0 aromatic heterocycles. The Morgan fingerprint density at radius 2 is 2.17 bits per heavy atom. The Morgan fingerprint density at radius 1 is 1.50 bits per heavy atom. The van der Waals surface area contributed by atoms with Gasteiger partial charge in [0, 0.05) is 18.6 Å². The fourth-order valence-electron chi connectivity index (χ4n) is 1.91. The third-order valence-corrected chi connectivity index (χ3v) is 3.44. The summed E-state index contributed by atoms with van der Waals surface area (Å²) in [6.45, 7) is 2.05. The Labute approximate surface area is 106 Å². The summed E-state index contributed by atoms with van der Waals surface area (Å²) in [7, 11) is 1.52. The zero-order valence-electron chi connectivity index (χ0n) is 10.7. The molecule has 1 saturated carbocycles. The molecule has 2 rings (SSSR count). The van der Waals surface area contributed by atoms with Crippen molar-refractivity contribution in [3.8, 4) is 0 Å². The maximum atomic E-state index is 13.8. The lowest BCUT2D eigenvalue weighted by atomic mass is 9.95. The van der Waals surface area contributed by atoms with Gasteiger partial charge in [-0.1, -0.05) is 18.2 Å². The summed E-state index contributed by atoms with van der Waals surface area (Å²) in [6, 6.07) is 6.48. The highest BCUT2D eigenvalue weighted by Crippen LogP contribution is 2.30. The molecule has 0 radical (unpaired) electrons. The van der Waals surface area contributed by atoms with E-state index in [1.54, 1.807) is 25.1 Å². The Balaban J connectivity index is 2.09. The van der Waals surface area contributed by atoms with Crippen LogP contribution in [0.25, 0.3) is 0 Å². The van der Waals surface area contributed by atoms with Gasteiger partial charge in [-0.15, -0.1) is 0 Å². The molecule has 1 aromatic rings. The van der Waals surface area contributed by atoms with Crippen LogP contribution in [0.1, 0.15) is 25.3 Å². The molecule has 1 amide bonds. The predicted octanol–water partition coefficient (Wildman–Crippen LogP) is 2.21. The highest BCUT2D eigenvalue weighted by Gasteiger charge is 2.33. The van der Waals surface area contributed by atoms with Crippen molar-refractivity contribution in [2.45, 2.75) is 25.4 Å². The van der Waals surface area contributed by atoms with E-state index in [1.807, 2.05) is 0 Å². The molecular weight excluding hydrogens is 233 g/mol. The van der Waals surface area contributed by atoms with E-state index < -0.39 is 5.60 Å². The van der Waals surface area contributed by atoms with Gasteiger partial charge in [0.05, 0.1) is 6.54 Å². The molecule has 1 N–H and O–H groups in total. The molecule has 0 heterocycles. The Morgan fingerprint density at radius 3 is 2.72 bits per heavy atom. The van der Waals surface area contributed by atoms with Gasteiger partial charge >= 0.3 is 0 Å². The van der Waals surface area contributed by atoms with Crippen molar-refractivity contribution in [3.05, 3.63) is 35.6 Å². The fraction of sp³-hybridized carbons (Fsp3) is 0.500. The molecule has 4 heteroatoms. The lowest BCUT2D eigenvalue weighted by Gasteiger charge is -2.29. The number of nitrogens with one attached hydrogen (secondary N) is 1. The van der Waals surface area contributed by atoms with Crippen molar-refractivity contribution in [2.24, 2.45) is 5.92 Å². The summed E-state index contributed by atoms with van der Waals surface area (Å²) < 4.78 is 19.2. The second-order valence-electron chi connectivity index (χ2n) is 4.91. The van der Waals surface area contributed by atoms with Gasteiger partial charge in [-0.2, -0.15) is 0 Å². The first kappa shape index (κ1) is 13.0. The van der Waals surface area contributed by atoms with Crippen LogP contribution in [0.5, 0.6) is 0 Å². The first-order chi connectivity index (χ1) is 8.57. The van der Waals surface area contributed by atoms with E-state index >= 15 is 0 Å². The van der Waals surface area contributed by atoms with Crippen molar-refractivity contribution in [2.75, 3.05) is 13.7 Å². The van der Waals surface area contributed by atoms with Crippen molar-refractivity contribution >= 4 is 5.91 Å². The maximum absolute atomic E-state index is 13.8. The van der Waals surface area contributed by atoms with E-state index in [0.717, 1.165) is 12.8 Å². The van der Waals surface area contributed by atoms with E-state index in [1.165, 1.54) is 13.2 Å². The smallest absolute Gasteiger partial charge is 0.223 e. The van der Waals surface area contributed by atoms with Gasteiger partial charge in [-0.25, -0.2) is 4.39 Å². The third kappa shape index (κ3) is 2.70. The molecule has 0 bridgehead atoms. The van der Waals surface area contributed by atoms with E-state index in [4.69, 9.17) is 4.74 Å². The first-order valence-corrected chi connectivity index (χ1v) is 6.15. The van der Waals surface area contributed by atoms with Crippen LogP contribution in [-0.4, -0.2) is 19.6 Å². The van der Waals surface area contributed by atoms with Gasteiger partial charge in [0.15, 0.2) is 0 Å². The zero-order valence-corrected chi connectivity index (χ0v) is 10.7. The molecule has 1 aliphatic rings. The number of rotatable bonds is 5. The van der Waals surface area contributed by atoms with Gasteiger partial charge in [0.2, 0.25) is 5.91 Å². The standard InChI is InChI=1S/C14H18FNO2/c1-14(18-2,9-16-13(17)10-7-8-10)11-5-3-4-6-12(11)15/h3-6,10H,7-9H2,1-2H3,(H,16,17)/t14-/m1/s1. The van der Waals surface area contributed by atoms with Crippen LogP contribution in [0.3, 0.4) is 0 Å². The number of benzene rings is 1. The largest absolute Gasteiger partial charge is 0.372 e. The highest BCUT2D eigenvalue weighted by molar-refractivity contribution is 5.80. The van der Waals surface area contributed by atoms with Crippen LogP contribution in [0.15, 0.2) is 24.3 Å². The summed E-state index contributed by atoms with van der Waals surface area (Å²) in [4.78, 5) is 11.6. The molecule has 0 unspecified atom stereocenters. The third-order valence-electron chi connectivity index (χ3n) is 3.44. The van der Waals surface area contributed by atoms with Crippen molar-refractivity contribution < 1.29 is 13.9 Å². The molecule has 1 aliphatic carbocycles. The lowest BCUT2D eigenvalue weighted by molar-refractivity contribution is -0.123. The van der Waals surface area contributed by atoms with Gasteiger partial charge < -0.3 is 10.1 Å². The van der Waals surface area contributed by atoms with Gasteiger partial charge in [0.1, 0.15) is 11.4 Å². The van der Waals surface area contributed by atoms with E-state index in [2.05, 4.69) is 5.32 Å². The number of ether oxygens (including phenoxy) is 1. The van der Waals surface area contributed by atoms with Gasteiger partial charge in [0.25, 0.3) is 0 Å². The molecule has 98 valence electrons. The van der Waals surface area contributed by atoms with Crippen molar-refractivity contribution in [3.63, 3.8) is 0 Å². The summed E-state index contributed by atoms with van der Waals surface area (Å²) in [5.41, 5.74) is -0.376. The topological polar surface area (TPSA) is 38.3 Å². The molecular formula is C14H18FNO2. The quantitative estimate of drug-likeness (QED) is 0.871. The summed E-state index contributed by atoms with van der Waals surface area (Å²) in [6.07, 6.45) is 1.91. The number of carbonyl (C=O) groups excluding carboxylic acids is 1. The van der Waals surface area contributed by atoms with Crippen LogP contribution in [0, 0.1) is 11.7 Å². The van der Waals surface area contributed by atoms with E-state index in [-0.39, 0.29) is 24.2 Å². The Hall–Kier alpha value is -1.42. The zero-order chi connectivity index (χ0) is 13.2. The van der Waals surface area contributed by atoms with E-state index in [9.17, 15) is 9.18 Å². The average Bonchev–Trinajstić information content (AvgIpc) is 3.20. The maximum Gasteiger partial charge on any atom is 0.223 e. The Bertz CT molecular complexity index is 445. The van der Waals surface area contributed by atoms with E-state index in [0.29, 0.717) is 5.56 Å². The monoisotopic (exact) mass is 251 g/mol. The van der Waals surface area contributed by atoms with Crippen molar-refractivity contribution in [1.29, 1.82) is 0 Å². The number of halogens is 1. The number of methoxy groups -OCH3 is 1. The normalized spacial score (nSPS) is 18.2. The predicted molar refractivity (Wildman–Crippen MR) is 66.5 cm³/mol. The highest BCUT2D eigenvalue weighted by atomic mass is 19.1. The summed E-state index contributed by atoms with van der Waals surface area (Å²) in [5.74, 6) is -0.135. The minimum absolute atomic E-state index is 0.0367. The number of amides is 1. The van der Waals surface area contributed by atoms with Crippen LogP contribution in [-0.2, 0) is 15.1 Å². The number of carbonyl (C=O) groups is 1. The average molecular weight is 251 g/mol. The van der Waals surface area contributed by atoms with Crippen LogP contribution < -0.4 is 5.32 Å². The minimum Gasteiger partial charge on any atom is -0.372 e. The molecule has 3 nitrogen and oxygen atoms in total. The fourth-order valence-corrected chi connectivity index (χ4v) is 1.91. The summed E-state index contributed by atoms with van der Waals surface area (Å²) >= 11 is 0. The second-order valence-corrected chi connectivity index (χ2v) is 4.91. The summed E-state index contributed by atoms with van der Waals surface area (Å²) in [5, 5.41) is 2.83. The van der Waals surface area contributed by atoms with Crippen molar-refractivity contribution in [1.82, 2.24) is 5.32 Å². The van der Waals surface area contributed by atoms with Gasteiger partial charge in [-0.05, 0) is 25.8 Å². The number of hydrogen-bond donors (Lipinski definition) is 1. The molecule has 0 saturated heterocycles. The lowest BCUT2D eigenvalue weighted by Crippen LogP contribution is -2.41. The Kier molecular flexibility index (Phi) is 3.66. The van der Waals surface area contributed by atoms with Crippen LogP contribution >= 0.6 is 0 Å². The molecule has 1 atom stereocenters. The van der Waals surface area contributed by atoms with Gasteiger partial charge in [-0.3, -0.25) is 4.79 Å². The molecule has 0 aliphatic heterocycles. The van der Waals surface area contributed by atoms with Crippen LogP contribution in [0.2, 0.25) is 0 Å². The molecule has 1 aromatic carbocycles. The molecule has 0 spiro atoms. The molecule has 1 fully saturated rings. The molecule has 18 heavy (non-hydrogen) atoms. The SMILES string of the molecule is CO[C@](C)(CNC(=O)C1CC1)c1ccccc1F. The van der Waals surface area contributed by atoms with Crippen LogP contribution in [0.4, 0.5) is 4.39 Å². The number of hydrogen-bond acceptors (Lipinski definition) is 2.